The number of carbonyl (C=O) groups is 3. The van der Waals surface area contributed by atoms with Crippen LogP contribution >= 0.6 is 0 Å². The van der Waals surface area contributed by atoms with Crippen LogP contribution in [0.5, 0.6) is 0 Å². The maximum Gasteiger partial charge on any atom is 0.328 e. The number of carboxylic acids is 1. The number of morpholine rings is 1. The summed E-state index contributed by atoms with van der Waals surface area (Å²) in [6, 6.07) is 6.72. The van der Waals surface area contributed by atoms with Crippen LogP contribution < -0.4 is 4.90 Å². The molecule has 0 saturated carbocycles. The molecule has 1 aromatic carbocycles. The highest BCUT2D eigenvalue weighted by Gasteiger charge is 2.33. The Kier molecular flexibility index (Phi) is 4.80. The van der Waals surface area contributed by atoms with Crippen LogP contribution in [0.1, 0.15) is 18.4 Å². The van der Waals surface area contributed by atoms with E-state index in [-0.39, 0.29) is 37.9 Å². The monoisotopic (exact) mass is 332 g/mol. The highest BCUT2D eigenvalue weighted by atomic mass is 16.5. The van der Waals surface area contributed by atoms with Gasteiger partial charge in [-0.2, -0.15) is 0 Å². The van der Waals surface area contributed by atoms with E-state index < -0.39 is 12.0 Å². The van der Waals surface area contributed by atoms with E-state index in [1.54, 1.807) is 4.90 Å². The van der Waals surface area contributed by atoms with Gasteiger partial charge in [-0.25, -0.2) is 4.79 Å². The van der Waals surface area contributed by atoms with Gasteiger partial charge in [0.2, 0.25) is 11.8 Å². The fraction of sp³-hybridized carbons (Fsp3) is 0.471. The summed E-state index contributed by atoms with van der Waals surface area (Å²) < 4.78 is 5.14. The van der Waals surface area contributed by atoms with Crippen LogP contribution in [-0.4, -0.2) is 60.1 Å². The average molecular weight is 332 g/mol. The zero-order chi connectivity index (χ0) is 17.1. The molecule has 2 heterocycles. The number of para-hydroxylation sites is 1. The minimum atomic E-state index is -1.07. The molecule has 0 aliphatic carbocycles. The number of ether oxygens (including phenoxy) is 1. The van der Waals surface area contributed by atoms with Gasteiger partial charge in [-0.05, 0) is 18.1 Å². The number of rotatable bonds is 4. The summed E-state index contributed by atoms with van der Waals surface area (Å²) in [5.41, 5.74) is 1.94. The molecule has 1 aromatic rings. The zero-order valence-electron chi connectivity index (χ0n) is 13.3. The molecule has 1 saturated heterocycles. The van der Waals surface area contributed by atoms with E-state index in [2.05, 4.69) is 0 Å². The van der Waals surface area contributed by atoms with Crippen molar-refractivity contribution in [2.24, 2.45) is 0 Å². The van der Waals surface area contributed by atoms with Gasteiger partial charge in [-0.3, -0.25) is 9.59 Å². The van der Waals surface area contributed by atoms with Gasteiger partial charge in [0.1, 0.15) is 0 Å². The number of carbonyl (C=O) groups excluding carboxylic acids is 2. The van der Waals surface area contributed by atoms with Gasteiger partial charge in [-0.1, -0.05) is 18.2 Å². The quantitative estimate of drug-likeness (QED) is 0.875. The molecule has 7 nitrogen and oxygen atoms in total. The SMILES string of the molecule is O=C(O)[C@H]1COCCN1C(=O)CCN1C(=O)CCc2ccccc21. The first kappa shape index (κ1) is 16.4. The van der Waals surface area contributed by atoms with Crippen molar-refractivity contribution in [3.05, 3.63) is 29.8 Å². The molecular formula is C17H20N2O5. The fourth-order valence-electron chi connectivity index (χ4n) is 3.20. The second kappa shape index (κ2) is 7.00. The Labute approximate surface area is 139 Å². The number of aliphatic carboxylic acids is 1. The van der Waals surface area contributed by atoms with Gasteiger partial charge < -0.3 is 19.6 Å². The predicted octanol–water partition coefficient (Wildman–Crippen LogP) is 0.668. The summed E-state index contributed by atoms with van der Waals surface area (Å²) in [4.78, 5) is 38.9. The predicted molar refractivity (Wildman–Crippen MR) is 85.7 cm³/mol. The Balaban J connectivity index is 1.68. The second-order valence-corrected chi connectivity index (χ2v) is 5.94. The van der Waals surface area contributed by atoms with Gasteiger partial charge in [0.25, 0.3) is 0 Å². The second-order valence-electron chi connectivity index (χ2n) is 5.94. The molecule has 7 heteroatoms. The normalized spacial score (nSPS) is 20.7. The summed E-state index contributed by atoms with van der Waals surface area (Å²) in [6.07, 6.45) is 1.24. The summed E-state index contributed by atoms with van der Waals surface area (Å²) >= 11 is 0. The molecule has 3 rings (SSSR count). The number of anilines is 1. The van der Waals surface area contributed by atoms with E-state index in [4.69, 9.17) is 4.74 Å². The van der Waals surface area contributed by atoms with Crippen molar-refractivity contribution < 1.29 is 24.2 Å². The van der Waals surface area contributed by atoms with Crippen molar-refractivity contribution in [1.82, 2.24) is 4.90 Å². The third kappa shape index (κ3) is 3.26. The number of benzene rings is 1. The first-order valence-electron chi connectivity index (χ1n) is 8.06. The lowest BCUT2D eigenvalue weighted by Crippen LogP contribution is -2.53. The summed E-state index contributed by atoms with van der Waals surface area (Å²) in [5.74, 6) is -1.33. The molecule has 1 atom stereocenters. The number of hydrogen-bond donors (Lipinski definition) is 1. The summed E-state index contributed by atoms with van der Waals surface area (Å²) in [5, 5.41) is 9.21. The Morgan fingerprint density at radius 2 is 2.04 bits per heavy atom. The Morgan fingerprint density at radius 1 is 1.25 bits per heavy atom. The highest BCUT2D eigenvalue weighted by molar-refractivity contribution is 5.97. The lowest BCUT2D eigenvalue weighted by atomic mass is 10.0. The van der Waals surface area contributed by atoms with Crippen LogP contribution in [0.4, 0.5) is 5.69 Å². The van der Waals surface area contributed by atoms with Crippen LogP contribution in [0.3, 0.4) is 0 Å². The molecule has 2 amide bonds. The van der Waals surface area contributed by atoms with Crippen LogP contribution in [0, 0.1) is 0 Å². The summed E-state index contributed by atoms with van der Waals surface area (Å²) in [6.45, 7) is 0.867. The van der Waals surface area contributed by atoms with Crippen molar-refractivity contribution in [3.8, 4) is 0 Å². The lowest BCUT2D eigenvalue weighted by molar-refractivity contribution is -0.158. The molecule has 0 bridgehead atoms. The molecule has 128 valence electrons. The maximum absolute atomic E-state index is 12.4. The Hall–Kier alpha value is -2.41. The molecule has 2 aliphatic heterocycles. The van der Waals surface area contributed by atoms with Crippen LogP contribution in [0.15, 0.2) is 24.3 Å². The number of hydrogen-bond acceptors (Lipinski definition) is 4. The smallest absolute Gasteiger partial charge is 0.328 e. The number of nitrogens with zero attached hydrogens (tertiary/aromatic N) is 2. The third-order valence-corrected chi connectivity index (χ3v) is 4.47. The van der Waals surface area contributed by atoms with Crippen molar-refractivity contribution in [2.45, 2.75) is 25.3 Å². The van der Waals surface area contributed by atoms with E-state index in [1.165, 1.54) is 4.90 Å². The van der Waals surface area contributed by atoms with Gasteiger partial charge in [0, 0.05) is 31.6 Å². The zero-order valence-corrected chi connectivity index (χ0v) is 13.3. The van der Waals surface area contributed by atoms with E-state index in [9.17, 15) is 19.5 Å². The van der Waals surface area contributed by atoms with Crippen molar-refractivity contribution in [3.63, 3.8) is 0 Å². The molecule has 1 fully saturated rings. The Bertz CT molecular complexity index is 660. The molecule has 0 radical (unpaired) electrons. The molecular weight excluding hydrogens is 312 g/mol. The highest BCUT2D eigenvalue weighted by Crippen LogP contribution is 2.27. The number of aryl methyl sites for hydroxylation is 1. The van der Waals surface area contributed by atoms with Crippen molar-refractivity contribution >= 4 is 23.5 Å². The number of amides is 2. The van der Waals surface area contributed by atoms with Crippen molar-refractivity contribution in [1.29, 1.82) is 0 Å². The summed E-state index contributed by atoms with van der Waals surface area (Å²) in [7, 11) is 0. The minimum absolute atomic E-state index is 0.00161. The first-order valence-corrected chi connectivity index (χ1v) is 8.06. The lowest BCUT2D eigenvalue weighted by Gasteiger charge is -2.34. The molecule has 1 N–H and O–H groups in total. The maximum atomic E-state index is 12.4. The molecule has 0 unspecified atom stereocenters. The third-order valence-electron chi connectivity index (χ3n) is 4.47. The van der Waals surface area contributed by atoms with Crippen LogP contribution in [0.25, 0.3) is 0 Å². The van der Waals surface area contributed by atoms with Gasteiger partial charge in [0.05, 0.1) is 13.2 Å². The largest absolute Gasteiger partial charge is 0.480 e. The van der Waals surface area contributed by atoms with E-state index >= 15 is 0 Å². The first-order chi connectivity index (χ1) is 11.6. The van der Waals surface area contributed by atoms with Gasteiger partial charge in [-0.15, -0.1) is 0 Å². The van der Waals surface area contributed by atoms with Crippen molar-refractivity contribution in [2.75, 3.05) is 31.2 Å². The minimum Gasteiger partial charge on any atom is -0.480 e. The van der Waals surface area contributed by atoms with E-state index in [0.29, 0.717) is 19.4 Å². The molecule has 24 heavy (non-hydrogen) atoms. The van der Waals surface area contributed by atoms with Gasteiger partial charge >= 0.3 is 5.97 Å². The molecule has 0 spiro atoms. The topological polar surface area (TPSA) is 87.2 Å². The van der Waals surface area contributed by atoms with E-state index in [0.717, 1.165) is 11.3 Å². The van der Waals surface area contributed by atoms with Crippen LogP contribution in [-0.2, 0) is 25.5 Å². The standard InChI is InChI=1S/C17H20N2O5/c20-15-6-5-12-3-1-2-4-13(12)18(15)8-7-16(21)19-9-10-24-11-14(19)17(22)23/h1-4,14H,5-11H2,(H,22,23)/t14-/m1/s1. The molecule has 0 aromatic heterocycles. The fourth-order valence-corrected chi connectivity index (χ4v) is 3.20. The van der Waals surface area contributed by atoms with E-state index in [1.807, 2.05) is 24.3 Å². The van der Waals surface area contributed by atoms with Crippen LogP contribution in [0.2, 0.25) is 0 Å². The average Bonchev–Trinajstić information content (AvgIpc) is 2.60. The molecule has 2 aliphatic rings. The number of fused-ring (bicyclic) bond motifs is 1. The van der Waals surface area contributed by atoms with Gasteiger partial charge in [0.15, 0.2) is 6.04 Å². The Morgan fingerprint density at radius 3 is 2.83 bits per heavy atom. The number of carboxylic acid groups (broad SMARTS) is 1.